The van der Waals surface area contributed by atoms with Crippen LogP contribution in [0, 0.1) is 0 Å². The number of halogens is 1. The summed E-state index contributed by atoms with van der Waals surface area (Å²) in [6.07, 6.45) is 0.306. The van der Waals surface area contributed by atoms with Crippen LogP contribution >= 0.6 is 11.6 Å². The normalized spacial score (nSPS) is 12.5. The summed E-state index contributed by atoms with van der Waals surface area (Å²) in [5.74, 6) is 1.16. The van der Waals surface area contributed by atoms with Crippen molar-refractivity contribution in [1.29, 1.82) is 0 Å². The van der Waals surface area contributed by atoms with Crippen LogP contribution in [0.3, 0.4) is 0 Å². The molecule has 5 nitrogen and oxygen atoms in total. The van der Waals surface area contributed by atoms with Crippen LogP contribution in [-0.2, 0) is 11.3 Å². The maximum atomic E-state index is 12.0. The zero-order chi connectivity index (χ0) is 17.6. The molecule has 1 aliphatic rings. The summed E-state index contributed by atoms with van der Waals surface area (Å²) in [5.41, 5.74) is 1.48. The van der Waals surface area contributed by atoms with Crippen molar-refractivity contribution in [3.63, 3.8) is 0 Å². The van der Waals surface area contributed by atoms with E-state index in [1.807, 2.05) is 18.2 Å². The molecule has 0 spiro atoms. The molecule has 0 atom stereocenters. The fourth-order valence-electron chi connectivity index (χ4n) is 2.49. The second-order valence-electron chi connectivity index (χ2n) is 5.68. The van der Waals surface area contributed by atoms with E-state index in [1.54, 1.807) is 24.3 Å². The van der Waals surface area contributed by atoms with Gasteiger partial charge in [0, 0.05) is 30.0 Å². The average molecular weight is 360 g/mol. The summed E-state index contributed by atoms with van der Waals surface area (Å²) in [6.45, 7) is 1.45. The lowest BCUT2D eigenvalue weighted by atomic mass is 10.1. The lowest BCUT2D eigenvalue weighted by Crippen LogP contribution is -2.23. The van der Waals surface area contributed by atoms with Crippen molar-refractivity contribution < 1.29 is 19.1 Å². The fourth-order valence-corrected chi connectivity index (χ4v) is 2.62. The second kappa shape index (κ2) is 8.03. The highest BCUT2D eigenvalue weighted by Gasteiger charge is 2.13. The van der Waals surface area contributed by atoms with Crippen molar-refractivity contribution in [2.24, 2.45) is 0 Å². The standard InChI is InChI=1S/C19H18ClNO4/c20-15-4-2-14(3-5-15)16(22)6-8-19(23)21-12-13-1-7-17-18(11-13)25-10-9-24-17/h1-5,7,11H,6,8-10,12H2,(H,21,23). The molecule has 1 N–H and O–H groups in total. The molecule has 0 saturated carbocycles. The number of hydrogen-bond donors (Lipinski definition) is 1. The number of nitrogens with one attached hydrogen (secondary N) is 1. The Balaban J connectivity index is 1.46. The van der Waals surface area contributed by atoms with Gasteiger partial charge < -0.3 is 14.8 Å². The number of carbonyl (C=O) groups is 2. The minimum atomic E-state index is -0.169. The SMILES string of the molecule is O=C(CCC(=O)c1ccc(Cl)cc1)NCc1ccc2c(c1)OCCO2. The van der Waals surface area contributed by atoms with E-state index >= 15 is 0 Å². The first-order valence-electron chi connectivity index (χ1n) is 8.06. The average Bonchev–Trinajstić information content (AvgIpc) is 2.65. The summed E-state index contributed by atoms with van der Waals surface area (Å²) in [5, 5.41) is 3.39. The molecule has 25 heavy (non-hydrogen) atoms. The summed E-state index contributed by atoms with van der Waals surface area (Å²) in [7, 11) is 0. The van der Waals surface area contributed by atoms with E-state index < -0.39 is 0 Å². The van der Waals surface area contributed by atoms with Gasteiger partial charge in [-0.1, -0.05) is 17.7 Å². The smallest absolute Gasteiger partial charge is 0.220 e. The maximum Gasteiger partial charge on any atom is 0.220 e. The van der Waals surface area contributed by atoms with Gasteiger partial charge >= 0.3 is 0 Å². The summed E-state index contributed by atoms with van der Waals surface area (Å²) < 4.78 is 11.0. The number of ether oxygens (including phenoxy) is 2. The first kappa shape index (κ1) is 17.3. The van der Waals surface area contributed by atoms with Crippen LogP contribution in [0.15, 0.2) is 42.5 Å². The maximum absolute atomic E-state index is 12.0. The van der Waals surface area contributed by atoms with E-state index in [9.17, 15) is 9.59 Å². The van der Waals surface area contributed by atoms with Crippen molar-refractivity contribution >= 4 is 23.3 Å². The van der Waals surface area contributed by atoms with E-state index in [-0.39, 0.29) is 24.5 Å². The molecule has 0 saturated heterocycles. The summed E-state index contributed by atoms with van der Waals surface area (Å²) in [4.78, 5) is 24.0. The van der Waals surface area contributed by atoms with Gasteiger partial charge in [-0.25, -0.2) is 0 Å². The van der Waals surface area contributed by atoms with Crippen molar-refractivity contribution in [3.8, 4) is 11.5 Å². The Labute approximate surface area is 150 Å². The molecule has 1 heterocycles. The van der Waals surface area contributed by atoms with Crippen LogP contribution in [0.4, 0.5) is 0 Å². The summed E-state index contributed by atoms with van der Waals surface area (Å²) >= 11 is 5.80. The highest BCUT2D eigenvalue weighted by molar-refractivity contribution is 6.30. The van der Waals surface area contributed by atoms with E-state index in [4.69, 9.17) is 21.1 Å². The van der Waals surface area contributed by atoms with E-state index in [1.165, 1.54) is 0 Å². The van der Waals surface area contributed by atoms with Gasteiger partial charge in [-0.05, 0) is 42.0 Å². The Morgan fingerprint density at radius 3 is 2.44 bits per heavy atom. The monoisotopic (exact) mass is 359 g/mol. The topological polar surface area (TPSA) is 64.6 Å². The molecule has 0 fully saturated rings. The second-order valence-corrected chi connectivity index (χ2v) is 6.12. The molecular formula is C19H18ClNO4. The molecule has 0 radical (unpaired) electrons. The molecule has 0 aromatic heterocycles. The van der Waals surface area contributed by atoms with Gasteiger partial charge in [-0.2, -0.15) is 0 Å². The molecule has 1 amide bonds. The van der Waals surface area contributed by atoms with Crippen LogP contribution in [0.25, 0.3) is 0 Å². The molecule has 2 aromatic carbocycles. The first-order chi connectivity index (χ1) is 12.1. The van der Waals surface area contributed by atoms with Gasteiger partial charge in [0.05, 0.1) is 0 Å². The third kappa shape index (κ3) is 4.73. The molecule has 1 aliphatic heterocycles. The first-order valence-corrected chi connectivity index (χ1v) is 8.43. The lowest BCUT2D eigenvalue weighted by molar-refractivity contribution is -0.121. The Kier molecular flexibility index (Phi) is 5.56. The highest BCUT2D eigenvalue weighted by atomic mass is 35.5. The predicted octanol–water partition coefficient (Wildman–Crippen LogP) is 3.39. The number of Topliss-reactive ketones (excluding diaryl/α,β-unsaturated/α-hetero) is 1. The fraction of sp³-hybridized carbons (Fsp3) is 0.263. The number of ketones is 1. The van der Waals surface area contributed by atoms with Gasteiger partial charge in [-0.3, -0.25) is 9.59 Å². The largest absolute Gasteiger partial charge is 0.486 e. The highest BCUT2D eigenvalue weighted by Crippen LogP contribution is 2.30. The Morgan fingerprint density at radius 2 is 1.68 bits per heavy atom. The van der Waals surface area contributed by atoms with Crippen molar-refractivity contribution in [1.82, 2.24) is 5.32 Å². The number of hydrogen-bond acceptors (Lipinski definition) is 4. The minimum Gasteiger partial charge on any atom is -0.486 e. The van der Waals surface area contributed by atoms with Crippen LogP contribution < -0.4 is 14.8 Å². The Bertz CT molecular complexity index is 773. The molecule has 0 unspecified atom stereocenters. The number of rotatable bonds is 6. The Morgan fingerprint density at radius 1 is 0.960 bits per heavy atom. The quantitative estimate of drug-likeness (QED) is 0.803. The third-order valence-electron chi connectivity index (χ3n) is 3.84. The van der Waals surface area contributed by atoms with Crippen LogP contribution in [-0.4, -0.2) is 24.9 Å². The molecule has 0 aliphatic carbocycles. The van der Waals surface area contributed by atoms with Gasteiger partial charge in [0.1, 0.15) is 13.2 Å². The predicted molar refractivity (Wildman–Crippen MR) is 94.3 cm³/mol. The number of benzene rings is 2. The van der Waals surface area contributed by atoms with Crippen LogP contribution in [0.2, 0.25) is 5.02 Å². The molecular weight excluding hydrogens is 342 g/mol. The zero-order valence-electron chi connectivity index (χ0n) is 13.6. The van der Waals surface area contributed by atoms with Crippen LogP contribution in [0.5, 0.6) is 11.5 Å². The molecule has 0 bridgehead atoms. The van der Waals surface area contributed by atoms with Gasteiger partial charge in [0.15, 0.2) is 17.3 Å². The van der Waals surface area contributed by atoms with Gasteiger partial charge in [0.25, 0.3) is 0 Å². The minimum absolute atomic E-state index is 0.0776. The van der Waals surface area contributed by atoms with E-state index in [0.29, 0.717) is 36.1 Å². The summed E-state index contributed by atoms with van der Waals surface area (Å²) in [6, 6.07) is 12.2. The molecule has 6 heteroatoms. The van der Waals surface area contributed by atoms with Crippen LogP contribution in [0.1, 0.15) is 28.8 Å². The third-order valence-corrected chi connectivity index (χ3v) is 4.09. The van der Waals surface area contributed by atoms with Gasteiger partial charge in [0.2, 0.25) is 5.91 Å². The Hall–Kier alpha value is -2.53. The zero-order valence-corrected chi connectivity index (χ0v) is 14.3. The molecule has 130 valence electrons. The lowest BCUT2D eigenvalue weighted by Gasteiger charge is -2.19. The van der Waals surface area contributed by atoms with Gasteiger partial charge in [-0.15, -0.1) is 0 Å². The molecule has 3 rings (SSSR count). The van der Waals surface area contributed by atoms with Crippen molar-refractivity contribution in [2.75, 3.05) is 13.2 Å². The number of carbonyl (C=O) groups excluding carboxylic acids is 2. The number of amides is 1. The molecule has 2 aromatic rings. The van der Waals surface area contributed by atoms with E-state index in [2.05, 4.69) is 5.32 Å². The number of fused-ring (bicyclic) bond motifs is 1. The van der Waals surface area contributed by atoms with Crippen molar-refractivity contribution in [2.45, 2.75) is 19.4 Å². The van der Waals surface area contributed by atoms with Crippen molar-refractivity contribution in [3.05, 3.63) is 58.6 Å². The van der Waals surface area contributed by atoms with E-state index in [0.717, 1.165) is 11.3 Å².